The molecule has 1 aromatic rings. The fraction of sp³-hybridized carbons (Fsp3) is 0.632. The van der Waals surface area contributed by atoms with E-state index in [4.69, 9.17) is 0 Å². The number of amides is 1. The number of alkyl halides is 3. The first-order valence-electron chi connectivity index (χ1n) is 9.26. The number of nitrogens with zero attached hydrogens (tertiary/aromatic N) is 2. The molecule has 2 heterocycles. The summed E-state index contributed by atoms with van der Waals surface area (Å²) in [7, 11) is 0. The zero-order valence-electron chi connectivity index (χ0n) is 14.8. The average Bonchev–Trinajstić information content (AvgIpc) is 2.63. The lowest BCUT2D eigenvalue weighted by Gasteiger charge is -2.35. The molecule has 3 rings (SSSR count). The Hall–Kier alpha value is -1.76. The number of carbonyl (C=O) groups is 1. The van der Waals surface area contributed by atoms with Crippen LogP contribution >= 0.6 is 0 Å². The van der Waals surface area contributed by atoms with Crippen LogP contribution in [0.15, 0.2) is 24.3 Å². The number of ether oxygens (including phenoxy) is 1. The highest BCUT2D eigenvalue weighted by atomic mass is 19.4. The molecule has 144 valence electrons. The van der Waals surface area contributed by atoms with Crippen LogP contribution in [0.3, 0.4) is 0 Å². The second-order valence-corrected chi connectivity index (χ2v) is 7.13. The zero-order chi connectivity index (χ0) is 18.6. The maximum atomic E-state index is 12.6. The van der Waals surface area contributed by atoms with Crippen LogP contribution in [0.1, 0.15) is 37.7 Å². The van der Waals surface area contributed by atoms with Gasteiger partial charge in [0.2, 0.25) is 5.91 Å². The Kier molecular flexibility index (Phi) is 6.06. The van der Waals surface area contributed by atoms with Crippen molar-refractivity contribution in [2.75, 3.05) is 26.2 Å². The number of carbonyl (C=O) groups excluding carboxylic acids is 1. The Morgan fingerprint density at radius 1 is 1.00 bits per heavy atom. The Balaban J connectivity index is 1.45. The first-order valence-corrected chi connectivity index (χ1v) is 9.26. The van der Waals surface area contributed by atoms with Crippen LogP contribution in [0.5, 0.6) is 5.75 Å². The summed E-state index contributed by atoms with van der Waals surface area (Å²) >= 11 is 0. The summed E-state index contributed by atoms with van der Waals surface area (Å²) in [5.41, 5.74) is 0.945. The van der Waals surface area contributed by atoms with Crippen molar-refractivity contribution in [1.82, 2.24) is 9.80 Å². The predicted octanol–water partition coefficient (Wildman–Crippen LogP) is 3.81. The van der Waals surface area contributed by atoms with Gasteiger partial charge in [-0.2, -0.15) is 0 Å². The summed E-state index contributed by atoms with van der Waals surface area (Å²) in [5, 5.41) is 0. The van der Waals surface area contributed by atoms with Gasteiger partial charge in [0.25, 0.3) is 0 Å². The van der Waals surface area contributed by atoms with E-state index in [1.165, 1.54) is 18.6 Å². The lowest BCUT2D eigenvalue weighted by Crippen LogP contribution is -2.44. The summed E-state index contributed by atoms with van der Waals surface area (Å²) in [6.45, 7) is 4.14. The topological polar surface area (TPSA) is 32.8 Å². The number of piperidine rings is 2. The highest BCUT2D eigenvalue weighted by Crippen LogP contribution is 2.25. The van der Waals surface area contributed by atoms with Crippen molar-refractivity contribution in [3.63, 3.8) is 0 Å². The van der Waals surface area contributed by atoms with Crippen molar-refractivity contribution in [2.24, 2.45) is 5.92 Å². The average molecular weight is 370 g/mol. The summed E-state index contributed by atoms with van der Waals surface area (Å²) in [5.74, 6) is 0.219. The van der Waals surface area contributed by atoms with Gasteiger partial charge in [0, 0.05) is 25.6 Å². The molecule has 0 unspecified atom stereocenters. The quantitative estimate of drug-likeness (QED) is 0.808. The van der Waals surface area contributed by atoms with E-state index >= 15 is 0 Å². The number of hydrogen-bond donors (Lipinski definition) is 0. The first-order chi connectivity index (χ1) is 12.4. The van der Waals surface area contributed by atoms with Crippen LogP contribution in [0.25, 0.3) is 0 Å². The number of halogens is 3. The fourth-order valence-corrected chi connectivity index (χ4v) is 3.77. The number of likely N-dealkylation sites (tertiary alicyclic amines) is 2. The first kappa shape index (κ1) is 19.0. The molecule has 0 aliphatic carbocycles. The maximum absolute atomic E-state index is 12.6. The van der Waals surface area contributed by atoms with Gasteiger partial charge in [0.15, 0.2) is 0 Å². The van der Waals surface area contributed by atoms with E-state index in [0.29, 0.717) is 12.5 Å². The van der Waals surface area contributed by atoms with Crippen LogP contribution in [0.4, 0.5) is 13.2 Å². The number of rotatable bonds is 4. The molecule has 0 atom stereocenters. The van der Waals surface area contributed by atoms with Crippen molar-refractivity contribution < 1.29 is 22.7 Å². The SMILES string of the molecule is O=C(C1CCN(Cc2ccc(OC(F)(F)F)cc2)CC1)N1CCCCC1. The Labute approximate surface area is 151 Å². The molecular formula is C19H25F3N2O2. The third-order valence-corrected chi connectivity index (χ3v) is 5.17. The lowest BCUT2D eigenvalue weighted by molar-refractivity contribution is -0.274. The van der Waals surface area contributed by atoms with Gasteiger partial charge in [-0.05, 0) is 62.9 Å². The number of benzene rings is 1. The summed E-state index contributed by atoms with van der Waals surface area (Å²) < 4.78 is 40.5. The molecule has 0 N–H and O–H groups in total. The molecule has 2 saturated heterocycles. The minimum Gasteiger partial charge on any atom is -0.406 e. The van der Waals surface area contributed by atoms with Crippen molar-refractivity contribution >= 4 is 5.91 Å². The van der Waals surface area contributed by atoms with Crippen molar-refractivity contribution in [2.45, 2.75) is 45.0 Å². The van der Waals surface area contributed by atoms with E-state index in [1.54, 1.807) is 12.1 Å². The maximum Gasteiger partial charge on any atom is 0.573 e. The molecule has 7 heteroatoms. The number of hydrogen-bond acceptors (Lipinski definition) is 3. The largest absolute Gasteiger partial charge is 0.573 e. The molecule has 0 spiro atoms. The molecule has 0 radical (unpaired) electrons. The van der Waals surface area contributed by atoms with Gasteiger partial charge < -0.3 is 9.64 Å². The van der Waals surface area contributed by atoms with Crippen LogP contribution in [0.2, 0.25) is 0 Å². The van der Waals surface area contributed by atoms with E-state index in [2.05, 4.69) is 9.64 Å². The van der Waals surface area contributed by atoms with Crippen LogP contribution < -0.4 is 4.74 Å². The van der Waals surface area contributed by atoms with E-state index in [-0.39, 0.29) is 11.7 Å². The molecule has 0 saturated carbocycles. The Morgan fingerprint density at radius 3 is 2.19 bits per heavy atom. The predicted molar refractivity (Wildman–Crippen MR) is 91.6 cm³/mol. The molecule has 0 aromatic heterocycles. The highest BCUT2D eigenvalue weighted by Gasteiger charge is 2.31. The second-order valence-electron chi connectivity index (χ2n) is 7.13. The zero-order valence-corrected chi connectivity index (χ0v) is 14.8. The third-order valence-electron chi connectivity index (χ3n) is 5.17. The normalized spacial score (nSPS) is 20.2. The monoisotopic (exact) mass is 370 g/mol. The molecule has 0 bridgehead atoms. The van der Waals surface area contributed by atoms with E-state index < -0.39 is 6.36 Å². The molecule has 26 heavy (non-hydrogen) atoms. The van der Waals surface area contributed by atoms with E-state index in [1.807, 2.05) is 4.90 Å². The summed E-state index contributed by atoms with van der Waals surface area (Å²) in [6.07, 6.45) is 0.478. The van der Waals surface area contributed by atoms with Crippen LogP contribution in [-0.2, 0) is 11.3 Å². The summed E-state index contributed by atoms with van der Waals surface area (Å²) in [4.78, 5) is 16.8. The van der Waals surface area contributed by atoms with Crippen molar-refractivity contribution in [3.05, 3.63) is 29.8 Å². The van der Waals surface area contributed by atoms with Gasteiger partial charge in [0.05, 0.1) is 0 Å². The minimum atomic E-state index is -4.66. The highest BCUT2D eigenvalue weighted by molar-refractivity contribution is 5.79. The smallest absolute Gasteiger partial charge is 0.406 e. The van der Waals surface area contributed by atoms with E-state index in [9.17, 15) is 18.0 Å². The van der Waals surface area contributed by atoms with E-state index in [0.717, 1.165) is 57.4 Å². The molecule has 4 nitrogen and oxygen atoms in total. The third kappa shape index (κ3) is 5.37. The molecule has 2 aliphatic heterocycles. The second kappa shape index (κ2) is 8.29. The van der Waals surface area contributed by atoms with Gasteiger partial charge in [-0.3, -0.25) is 9.69 Å². The standard InChI is InChI=1S/C19H25F3N2O2/c20-19(21,22)26-17-6-4-15(5-7-17)14-23-12-8-16(9-13-23)18(25)24-10-2-1-3-11-24/h4-7,16H,1-3,8-14H2. The fourth-order valence-electron chi connectivity index (χ4n) is 3.77. The molecular weight excluding hydrogens is 345 g/mol. The Morgan fingerprint density at radius 2 is 1.62 bits per heavy atom. The van der Waals surface area contributed by atoms with Gasteiger partial charge >= 0.3 is 6.36 Å². The minimum absolute atomic E-state index is 0.118. The van der Waals surface area contributed by atoms with Gasteiger partial charge in [-0.1, -0.05) is 12.1 Å². The van der Waals surface area contributed by atoms with Crippen LogP contribution in [0, 0.1) is 5.92 Å². The molecule has 1 amide bonds. The van der Waals surface area contributed by atoms with Crippen molar-refractivity contribution in [1.29, 1.82) is 0 Å². The molecule has 2 fully saturated rings. The van der Waals surface area contributed by atoms with Gasteiger partial charge in [-0.25, -0.2) is 0 Å². The Bertz CT molecular complexity index is 590. The molecule has 2 aliphatic rings. The van der Waals surface area contributed by atoms with Crippen molar-refractivity contribution in [3.8, 4) is 5.75 Å². The molecule has 1 aromatic carbocycles. The summed E-state index contributed by atoms with van der Waals surface area (Å²) in [6, 6.07) is 6.00. The van der Waals surface area contributed by atoms with Gasteiger partial charge in [0.1, 0.15) is 5.75 Å². The van der Waals surface area contributed by atoms with Crippen LogP contribution in [-0.4, -0.2) is 48.2 Å². The lowest BCUT2D eigenvalue weighted by atomic mass is 9.94. The van der Waals surface area contributed by atoms with Gasteiger partial charge in [-0.15, -0.1) is 13.2 Å².